The van der Waals surface area contributed by atoms with E-state index in [4.69, 9.17) is 11.6 Å². The van der Waals surface area contributed by atoms with E-state index >= 15 is 0 Å². The number of carbonyl (C=O) groups excluding carboxylic acids is 3. The molecular weight excluding hydrogens is 390 g/mol. The lowest BCUT2D eigenvalue weighted by Crippen LogP contribution is -2.59. The summed E-state index contributed by atoms with van der Waals surface area (Å²) < 4.78 is 0. The van der Waals surface area contributed by atoms with Crippen molar-refractivity contribution in [1.29, 1.82) is 0 Å². The maximum absolute atomic E-state index is 12.8. The number of amides is 4. The first-order valence-corrected chi connectivity index (χ1v) is 10.0. The van der Waals surface area contributed by atoms with E-state index in [2.05, 4.69) is 10.6 Å². The largest absolute Gasteiger partial charge is 0.348 e. The van der Waals surface area contributed by atoms with Crippen molar-refractivity contribution in [3.05, 3.63) is 70.7 Å². The normalized spacial score (nSPS) is 18.7. The number of hydrogen-bond acceptors (Lipinski definition) is 3. The third-order valence-electron chi connectivity index (χ3n) is 5.10. The maximum Gasteiger partial charge on any atom is 0.325 e. The molecule has 29 heavy (non-hydrogen) atoms. The van der Waals surface area contributed by atoms with Gasteiger partial charge in [0.15, 0.2) is 0 Å². The van der Waals surface area contributed by atoms with Gasteiger partial charge in [-0.25, -0.2) is 4.79 Å². The predicted molar refractivity (Wildman–Crippen MR) is 111 cm³/mol. The van der Waals surface area contributed by atoms with Crippen LogP contribution in [0, 0.1) is 0 Å². The highest BCUT2D eigenvalue weighted by atomic mass is 35.5. The first-order chi connectivity index (χ1) is 13.9. The fraction of sp³-hybridized carbons (Fsp3) is 0.318. The molecule has 152 valence electrons. The number of nitrogens with one attached hydrogen (secondary N) is 2. The Bertz CT molecular complexity index is 868. The van der Waals surface area contributed by atoms with Gasteiger partial charge in [0.1, 0.15) is 6.04 Å². The lowest BCUT2D eigenvalue weighted by Gasteiger charge is -2.36. The average molecular weight is 414 g/mol. The zero-order valence-corrected chi connectivity index (χ0v) is 17.1. The zero-order chi connectivity index (χ0) is 21.0. The Morgan fingerprint density at radius 2 is 1.83 bits per heavy atom. The number of rotatable bonds is 6. The highest BCUT2D eigenvalue weighted by Gasteiger charge is 2.39. The van der Waals surface area contributed by atoms with Gasteiger partial charge in [-0.3, -0.25) is 14.5 Å². The minimum Gasteiger partial charge on any atom is -0.348 e. The van der Waals surface area contributed by atoms with Gasteiger partial charge in [0.2, 0.25) is 11.8 Å². The van der Waals surface area contributed by atoms with Gasteiger partial charge in [-0.15, -0.1) is 0 Å². The summed E-state index contributed by atoms with van der Waals surface area (Å²) in [5.74, 6) is -0.722. The molecule has 2 aromatic carbocycles. The van der Waals surface area contributed by atoms with Gasteiger partial charge in [0.25, 0.3) is 0 Å². The summed E-state index contributed by atoms with van der Waals surface area (Å²) in [4.78, 5) is 39.4. The summed E-state index contributed by atoms with van der Waals surface area (Å²) in [7, 11) is 0. The minimum atomic E-state index is -0.861. The Labute approximate surface area is 175 Å². The van der Waals surface area contributed by atoms with Crippen LogP contribution in [0.15, 0.2) is 54.6 Å². The van der Waals surface area contributed by atoms with Crippen LogP contribution in [0.4, 0.5) is 4.79 Å². The van der Waals surface area contributed by atoms with E-state index in [1.807, 2.05) is 37.3 Å². The van der Waals surface area contributed by atoms with Crippen molar-refractivity contribution in [3.8, 4) is 0 Å². The van der Waals surface area contributed by atoms with Crippen LogP contribution in [0.5, 0.6) is 0 Å². The van der Waals surface area contributed by atoms with E-state index in [1.54, 1.807) is 31.2 Å². The second kappa shape index (κ2) is 9.09. The molecule has 3 rings (SSSR count). The molecule has 3 unspecified atom stereocenters. The first-order valence-electron chi connectivity index (χ1n) is 9.64. The van der Waals surface area contributed by atoms with Gasteiger partial charge in [-0.2, -0.15) is 0 Å². The van der Waals surface area contributed by atoms with E-state index < -0.39 is 18.1 Å². The van der Waals surface area contributed by atoms with Crippen LogP contribution in [0.1, 0.15) is 49.9 Å². The molecule has 6 nitrogen and oxygen atoms in total. The smallest absolute Gasteiger partial charge is 0.325 e. The molecule has 0 saturated carbocycles. The Hall–Kier alpha value is -2.86. The van der Waals surface area contributed by atoms with Crippen molar-refractivity contribution in [2.75, 3.05) is 0 Å². The molecule has 0 aromatic heterocycles. The fourth-order valence-corrected chi connectivity index (χ4v) is 3.61. The molecule has 0 spiro atoms. The molecule has 0 bridgehead atoms. The van der Waals surface area contributed by atoms with Crippen molar-refractivity contribution in [3.63, 3.8) is 0 Å². The second-order valence-corrected chi connectivity index (χ2v) is 7.52. The molecule has 0 radical (unpaired) electrons. The summed E-state index contributed by atoms with van der Waals surface area (Å²) >= 11 is 5.91. The molecular formula is C22H24ClN3O3. The lowest BCUT2D eigenvalue weighted by atomic mass is 10.00. The molecule has 2 aromatic rings. The van der Waals surface area contributed by atoms with Gasteiger partial charge in [0, 0.05) is 5.02 Å². The topological polar surface area (TPSA) is 78.5 Å². The van der Waals surface area contributed by atoms with E-state index in [9.17, 15) is 14.4 Å². The molecule has 3 atom stereocenters. The van der Waals surface area contributed by atoms with E-state index in [1.165, 1.54) is 0 Å². The third kappa shape index (κ3) is 4.77. The number of urea groups is 1. The van der Waals surface area contributed by atoms with Gasteiger partial charge in [-0.05, 0) is 36.6 Å². The standard InChI is InChI=1S/C22H24ClN3O3/c1-3-19(21(28)24-14(2)15-7-5-4-6-8-15)26-20(27)13-18(25-22(26)29)16-9-11-17(23)12-10-16/h4-12,14,18-19H,3,13H2,1-2H3,(H,24,28)(H,25,29). The fourth-order valence-electron chi connectivity index (χ4n) is 3.49. The highest BCUT2D eigenvalue weighted by Crippen LogP contribution is 2.25. The Morgan fingerprint density at radius 1 is 1.17 bits per heavy atom. The van der Waals surface area contributed by atoms with E-state index in [0.29, 0.717) is 11.4 Å². The molecule has 4 amide bonds. The Kier molecular flexibility index (Phi) is 6.54. The van der Waals surface area contributed by atoms with Gasteiger partial charge in [0.05, 0.1) is 18.5 Å². The lowest BCUT2D eigenvalue weighted by molar-refractivity contribution is -0.139. The molecule has 1 saturated heterocycles. The van der Waals surface area contributed by atoms with Crippen molar-refractivity contribution in [2.24, 2.45) is 0 Å². The number of carbonyl (C=O) groups is 3. The maximum atomic E-state index is 12.8. The monoisotopic (exact) mass is 413 g/mol. The number of imide groups is 1. The van der Waals surface area contributed by atoms with Crippen molar-refractivity contribution in [2.45, 2.75) is 44.8 Å². The van der Waals surface area contributed by atoms with Crippen LogP contribution < -0.4 is 10.6 Å². The Morgan fingerprint density at radius 3 is 2.41 bits per heavy atom. The van der Waals surface area contributed by atoms with Crippen LogP contribution in [0.25, 0.3) is 0 Å². The Balaban J connectivity index is 1.70. The van der Waals surface area contributed by atoms with E-state index in [0.717, 1.165) is 16.0 Å². The quantitative estimate of drug-likeness (QED) is 0.751. The number of nitrogens with zero attached hydrogens (tertiary/aromatic N) is 1. The molecule has 7 heteroatoms. The number of benzene rings is 2. The molecule has 1 aliphatic rings. The molecule has 1 fully saturated rings. The molecule has 1 aliphatic heterocycles. The minimum absolute atomic E-state index is 0.0887. The summed E-state index contributed by atoms with van der Waals surface area (Å²) in [6.45, 7) is 3.65. The van der Waals surface area contributed by atoms with Crippen molar-refractivity contribution >= 4 is 29.4 Å². The first kappa shape index (κ1) is 20.9. The summed E-state index contributed by atoms with van der Waals surface area (Å²) in [5.41, 5.74) is 1.75. The van der Waals surface area contributed by atoms with Crippen LogP contribution in [-0.4, -0.2) is 28.8 Å². The van der Waals surface area contributed by atoms with Gasteiger partial charge < -0.3 is 10.6 Å². The van der Waals surface area contributed by atoms with Crippen molar-refractivity contribution < 1.29 is 14.4 Å². The number of hydrogen-bond donors (Lipinski definition) is 2. The predicted octanol–water partition coefficient (Wildman–Crippen LogP) is 3.98. The number of halogens is 1. The average Bonchev–Trinajstić information content (AvgIpc) is 2.71. The van der Waals surface area contributed by atoms with E-state index in [-0.39, 0.29) is 24.3 Å². The highest BCUT2D eigenvalue weighted by molar-refractivity contribution is 6.30. The third-order valence-corrected chi connectivity index (χ3v) is 5.35. The second-order valence-electron chi connectivity index (χ2n) is 7.09. The molecule has 2 N–H and O–H groups in total. The van der Waals surface area contributed by atoms with Crippen LogP contribution >= 0.6 is 11.6 Å². The summed E-state index contributed by atoms with van der Waals surface area (Å²) in [6.07, 6.45) is 0.420. The van der Waals surface area contributed by atoms with Crippen LogP contribution in [-0.2, 0) is 9.59 Å². The molecule has 1 heterocycles. The van der Waals surface area contributed by atoms with Gasteiger partial charge in [-0.1, -0.05) is 61.0 Å². The summed E-state index contributed by atoms with van der Waals surface area (Å²) in [5, 5.41) is 6.32. The SMILES string of the molecule is CCC(C(=O)NC(C)c1ccccc1)N1C(=O)CC(c2ccc(Cl)cc2)NC1=O. The van der Waals surface area contributed by atoms with Crippen LogP contribution in [0.3, 0.4) is 0 Å². The van der Waals surface area contributed by atoms with Crippen LogP contribution in [0.2, 0.25) is 5.02 Å². The molecule has 0 aliphatic carbocycles. The van der Waals surface area contributed by atoms with Crippen molar-refractivity contribution in [1.82, 2.24) is 15.5 Å². The zero-order valence-electron chi connectivity index (χ0n) is 16.4. The van der Waals surface area contributed by atoms with Gasteiger partial charge >= 0.3 is 6.03 Å². The summed E-state index contributed by atoms with van der Waals surface area (Å²) in [6, 6.07) is 14.4.